The summed E-state index contributed by atoms with van der Waals surface area (Å²) in [6.45, 7) is 10.2. The molecule has 1 aromatic carbocycles. The van der Waals surface area contributed by atoms with Crippen LogP contribution in [0, 0.1) is 0 Å². The lowest BCUT2D eigenvalue weighted by atomic mass is 10.2. The summed E-state index contributed by atoms with van der Waals surface area (Å²) in [5.74, 6) is 0. The Morgan fingerprint density at radius 2 is 0.833 bits per heavy atom. The van der Waals surface area contributed by atoms with Crippen LogP contribution < -0.4 is 0 Å². The molecule has 0 atom stereocenters. The molecule has 10 heteroatoms. The minimum atomic E-state index is 0.0314. The molecule has 0 radical (unpaired) electrons. The molecule has 36 heavy (non-hydrogen) atoms. The summed E-state index contributed by atoms with van der Waals surface area (Å²) in [6, 6.07) is 10.4. The molecule has 0 aliphatic carbocycles. The van der Waals surface area contributed by atoms with Crippen LogP contribution in [0.1, 0.15) is 5.56 Å². The van der Waals surface area contributed by atoms with E-state index in [9.17, 15) is 0 Å². The first-order valence-corrected chi connectivity index (χ1v) is 12.8. The van der Waals surface area contributed by atoms with Crippen molar-refractivity contribution in [2.75, 3.05) is 126 Å². The average Bonchev–Trinajstić information content (AvgIpc) is 2.89. The SMILES string of the molecule is CN(CCOCCOCCOCCOCCOCCOCCOCCOCCO)Cc1ccccc1. The van der Waals surface area contributed by atoms with Crippen LogP contribution in [0.5, 0.6) is 0 Å². The summed E-state index contributed by atoms with van der Waals surface area (Å²) in [4.78, 5) is 2.24. The van der Waals surface area contributed by atoms with Gasteiger partial charge in [0, 0.05) is 13.1 Å². The lowest BCUT2D eigenvalue weighted by Crippen LogP contribution is -2.23. The lowest BCUT2D eigenvalue weighted by Gasteiger charge is -2.16. The van der Waals surface area contributed by atoms with Crippen molar-refractivity contribution in [1.29, 1.82) is 0 Å². The van der Waals surface area contributed by atoms with Crippen LogP contribution in [0.3, 0.4) is 0 Å². The first-order valence-electron chi connectivity index (χ1n) is 12.8. The van der Waals surface area contributed by atoms with Crippen molar-refractivity contribution >= 4 is 0 Å². The van der Waals surface area contributed by atoms with Crippen molar-refractivity contribution in [3.05, 3.63) is 35.9 Å². The van der Waals surface area contributed by atoms with Crippen LogP contribution in [0.2, 0.25) is 0 Å². The number of aliphatic hydroxyl groups excluding tert-OH is 1. The van der Waals surface area contributed by atoms with E-state index in [1.165, 1.54) is 5.56 Å². The first-order chi connectivity index (χ1) is 17.8. The Hall–Kier alpha value is -1.18. The number of nitrogens with zero attached hydrogens (tertiary/aromatic N) is 1. The van der Waals surface area contributed by atoms with Crippen LogP contribution in [0.25, 0.3) is 0 Å². The van der Waals surface area contributed by atoms with E-state index in [-0.39, 0.29) is 6.61 Å². The molecular formula is C26H47NO9. The summed E-state index contributed by atoms with van der Waals surface area (Å²) in [5.41, 5.74) is 1.31. The zero-order chi connectivity index (χ0) is 25.8. The fourth-order valence-corrected chi connectivity index (χ4v) is 2.90. The number of ether oxygens (including phenoxy) is 8. The molecule has 1 aromatic rings. The summed E-state index contributed by atoms with van der Waals surface area (Å²) < 4.78 is 43.3. The zero-order valence-corrected chi connectivity index (χ0v) is 22.0. The maximum atomic E-state index is 8.56. The quantitative estimate of drug-likeness (QED) is 0.164. The molecule has 0 heterocycles. The monoisotopic (exact) mass is 517 g/mol. The van der Waals surface area contributed by atoms with Gasteiger partial charge in [0.15, 0.2) is 0 Å². The van der Waals surface area contributed by atoms with Gasteiger partial charge in [0.25, 0.3) is 0 Å². The second-order valence-electron chi connectivity index (χ2n) is 7.85. The summed E-state index contributed by atoms with van der Waals surface area (Å²) in [5, 5.41) is 8.56. The maximum Gasteiger partial charge on any atom is 0.0701 e. The van der Waals surface area contributed by atoms with Crippen molar-refractivity contribution in [3.8, 4) is 0 Å². The van der Waals surface area contributed by atoms with E-state index in [0.717, 1.165) is 13.1 Å². The fraction of sp³-hybridized carbons (Fsp3) is 0.769. The van der Waals surface area contributed by atoms with E-state index < -0.39 is 0 Å². The van der Waals surface area contributed by atoms with Crippen molar-refractivity contribution < 1.29 is 43.0 Å². The van der Waals surface area contributed by atoms with Gasteiger partial charge in [-0.3, -0.25) is 4.90 Å². The van der Waals surface area contributed by atoms with E-state index in [1.807, 2.05) is 6.07 Å². The third-order valence-corrected chi connectivity index (χ3v) is 4.75. The molecule has 0 aliphatic rings. The minimum absolute atomic E-state index is 0.0314. The Morgan fingerprint density at radius 1 is 0.500 bits per heavy atom. The number of rotatable bonds is 28. The molecule has 210 valence electrons. The van der Waals surface area contributed by atoms with E-state index in [2.05, 4.69) is 36.2 Å². The van der Waals surface area contributed by atoms with Crippen LogP contribution in [-0.4, -0.2) is 136 Å². The molecule has 0 bridgehead atoms. The van der Waals surface area contributed by atoms with Crippen LogP contribution in [0.4, 0.5) is 0 Å². The zero-order valence-electron chi connectivity index (χ0n) is 22.0. The number of likely N-dealkylation sites (N-methyl/N-ethyl adjacent to an activating group) is 1. The number of aliphatic hydroxyl groups is 1. The summed E-state index contributed by atoms with van der Waals surface area (Å²) in [6.07, 6.45) is 0. The van der Waals surface area contributed by atoms with Crippen molar-refractivity contribution in [2.45, 2.75) is 6.54 Å². The molecule has 1 rings (SSSR count). The van der Waals surface area contributed by atoms with Crippen LogP contribution >= 0.6 is 0 Å². The standard InChI is InChI=1S/C26H47NO9/c1-27(25-26-5-3-2-4-6-26)7-9-29-11-13-31-15-17-33-19-21-35-23-24-36-22-20-34-18-16-32-14-12-30-10-8-28/h2-6,28H,7-25H2,1H3. The molecule has 0 saturated carbocycles. The van der Waals surface area contributed by atoms with Crippen molar-refractivity contribution in [2.24, 2.45) is 0 Å². The second-order valence-corrected chi connectivity index (χ2v) is 7.85. The van der Waals surface area contributed by atoms with Gasteiger partial charge in [-0.05, 0) is 12.6 Å². The van der Waals surface area contributed by atoms with Crippen LogP contribution in [-0.2, 0) is 44.4 Å². The number of benzene rings is 1. The Kier molecular flexibility index (Phi) is 24.5. The smallest absolute Gasteiger partial charge is 0.0701 e. The largest absolute Gasteiger partial charge is 0.394 e. The molecule has 10 nitrogen and oxygen atoms in total. The molecule has 0 spiro atoms. The normalized spacial score (nSPS) is 11.5. The molecule has 0 unspecified atom stereocenters. The van der Waals surface area contributed by atoms with Crippen LogP contribution in [0.15, 0.2) is 30.3 Å². The summed E-state index contributed by atoms with van der Waals surface area (Å²) in [7, 11) is 2.09. The molecule has 0 aromatic heterocycles. The predicted octanol–water partition coefficient (Wildman–Crippen LogP) is 1.24. The highest BCUT2D eigenvalue weighted by Crippen LogP contribution is 2.01. The van der Waals surface area contributed by atoms with Gasteiger partial charge in [-0.25, -0.2) is 0 Å². The molecule has 0 saturated heterocycles. The van der Waals surface area contributed by atoms with Gasteiger partial charge in [-0.15, -0.1) is 0 Å². The van der Waals surface area contributed by atoms with Gasteiger partial charge in [-0.1, -0.05) is 30.3 Å². The molecule has 1 N–H and O–H groups in total. The van der Waals surface area contributed by atoms with Gasteiger partial charge in [-0.2, -0.15) is 0 Å². The highest BCUT2D eigenvalue weighted by atomic mass is 16.6. The highest BCUT2D eigenvalue weighted by Gasteiger charge is 2.00. The second kappa shape index (κ2) is 26.9. The van der Waals surface area contributed by atoms with Gasteiger partial charge >= 0.3 is 0 Å². The molecule has 0 fully saturated rings. The fourth-order valence-electron chi connectivity index (χ4n) is 2.90. The Bertz CT molecular complexity index is 553. The number of hydrogen-bond acceptors (Lipinski definition) is 10. The van der Waals surface area contributed by atoms with E-state index in [4.69, 9.17) is 43.0 Å². The van der Waals surface area contributed by atoms with Crippen molar-refractivity contribution in [3.63, 3.8) is 0 Å². The Labute approximate surface area is 216 Å². The van der Waals surface area contributed by atoms with E-state index in [1.54, 1.807) is 0 Å². The maximum absolute atomic E-state index is 8.56. The highest BCUT2D eigenvalue weighted by molar-refractivity contribution is 5.14. The number of hydrogen-bond donors (Lipinski definition) is 1. The molecule has 0 amide bonds. The minimum Gasteiger partial charge on any atom is -0.394 e. The Morgan fingerprint density at radius 3 is 1.19 bits per heavy atom. The van der Waals surface area contributed by atoms with E-state index in [0.29, 0.717) is 106 Å². The topological polar surface area (TPSA) is 97.3 Å². The van der Waals surface area contributed by atoms with Gasteiger partial charge in [0.05, 0.1) is 112 Å². The lowest BCUT2D eigenvalue weighted by molar-refractivity contribution is -0.0240. The molecular weight excluding hydrogens is 470 g/mol. The predicted molar refractivity (Wildman–Crippen MR) is 136 cm³/mol. The van der Waals surface area contributed by atoms with Gasteiger partial charge in [0.1, 0.15) is 0 Å². The average molecular weight is 518 g/mol. The van der Waals surface area contributed by atoms with Gasteiger partial charge in [0.2, 0.25) is 0 Å². The third-order valence-electron chi connectivity index (χ3n) is 4.75. The van der Waals surface area contributed by atoms with Crippen molar-refractivity contribution in [1.82, 2.24) is 4.90 Å². The summed E-state index contributed by atoms with van der Waals surface area (Å²) >= 11 is 0. The Balaban J connectivity index is 1.67. The van der Waals surface area contributed by atoms with Gasteiger partial charge < -0.3 is 43.0 Å². The molecule has 0 aliphatic heterocycles. The third kappa shape index (κ3) is 23.2. The first kappa shape index (κ1) is 32.8. The van der Waals surface area contributed by atoms with E-state index >= 15 is 0 Å².